The number of rotatable bonds is 7. The molecule has 0 bridgehead atoms. The number of carbonyl (C=O) groups excluding carboxylic acids is 1. The average Bonchev–Trinajstić information content (AvgIpc) is 3.13. The summed E-state index contributed by atoms with van der Waals surface area (Å²) in [6, 6.07) is 14.0. The molecule has 0 spiro atoms. The number of hydrogen-bond donors (Lipinski definition) is 2. The fraction of sp³-hybridized carbons (Fsp3) is 0.286. The number of urea groups is 1. The topological polar surface area (TPSA) is 71.8 Å². The van der Waals surface area contributed by atoms with Crippen molar-refractivity contribution < 1.29 is 4.79 Å². The predicted molar refractivity (Wildman–Crippen MR) is 106 cm³/mol. The van der Waals surface area contributed by atoms with E-state index in [-0.39, 0.29) is 6.03 Å². The van der Waals surface area contributed by atoms with Gasteiger partial charge in [0.05, 0.1) is 0 Å². The third kappa shape index (κ3) is 5.17. The molecule has 0 radical (unpaired) electrons. The van der Waals surface area contributed by atoms with Gasteiger partial charge < -0.3 is 10.6 Å². The Bertz CT molecular complexity index is 858. The number of aromatic nitrogens is 3. The molecular weight excluding hydrogens is 338 g/mol. The minimum atomic E-state index is -0.162. The quantitative estimate of drug-likeness (QED) is 0.674. The summed E-state index contributed by atoms with van der Waals surface area (Å²) in [5.74, 6) is 2.11. The molecule has 140 valence electrons. The molecule has 6 heteroatoms. The molecule has 0 aliphatic rings. The van der Waals surface area contributed by atoms with Crippen LogP contribution in [-0.2, 0) is 6.54 Å². The maximum absolute atomic E-state index is 12.0. The normalized spacial score (nSPS) is 11.8. The van der Waals surface area contributed by atoms with E-state index in [4.69, 9.17) is 0 Å². The van der Waals surface area contributed by atoms with Gasteiger partial charge in [0.1, 0.15) is 11.6 Å². The van der Waals surface area contributed by atoms with E-state index in [1.165, 1.54) is 5.56 Å². The smallest absolute Gasteiger partial charge is 0.315 e. The van der Waals surface area contributed by atoms with Crippen LogP contribution >= 0.6 is 0 Å². The summed E-state index contributed by atoms with van der Waals surface area (Å²) in [6.07, 6.45) is 6.29. The zero-order chi connectivity index (χ0) is 19.1. The zero-order valence-corrected chi connectivity index (χ0v) is 15.7. The molecule has 2 aromatic heterocycles. The molecule has 2 amide bonds. The van der Waals surface area contributed by atoms with Gasteiger partial charge in [0.2, 0.25) is 0 Å². The fourth-order valence-corrected chi connectivity index (χ4v) is 2.88. The highest BCUT2D eigenvalue weighted by atomic mass is 16.2. The summed E-state index contributed by atoms with van der Waals surface area (Å²) < 4.78 is 1.91. The number of nitrogens with one attached hydrogen (secondary N) is 2. The van der Waals surface area contributed by atoms with Crippen molar-refractivity contribution >= 4 is 6.03 Å². The van der Waals surface area contributed by atoms with Crippen LogP contribution in [0.25, 0.3) is 5.82 Å². The maximum atomic E-state index is 12.0. The van der Waals surface area contributed by atoms with Crippen molar-refractivity contribution in [3.63, 3.8) is 0 Å². The predicted octanol–water partition coefficient (Wildman–Crippen LogP) is 3.57. The van der Waals surface area contributed by atoms with E-state index >= 15 is 0 Å². The van der Waals surface area contributed by atoms with Gasteiger partial charge in [-0.1, -0.05) is 43.3 Å². The molecular formula is C21H25N5O. The molecule has 0 aliphatic carbocycles. The first-order valence-corrected chi connectivity index (χ1v) is 9.15. The fourth-order valence-electron chi connectivity index (χ4n) is 2.88. The Morgan fingerprint density at radius 2 is 1.93 bits per heavy atom. The highest BCUT2D eigenvalue weighted by molar-refractivity contribution is 5.73. The largest absolute Gasteiger partial charge is 0.338 e. The van der Waals surface area contributed by atoms with Crippen molar-refractivity contribution in [2.45, 2.75) is 32.7 Å². The number of benzene rings is 1. The lowest BCUT2D eigenvalue weighted by Gasteiger charge is -2.13. The minimum absolute atomic E-state index is 0.162. The number of aryl methyl sites for hydroxylation is 1. The van der Waals surface area contributed by atoms with Gasteiger partial charge in [0.15, 0.2) is 0 Å². The Labute approximate surface area is 159 Å². The Hall–Kier alpha value is -3.15. The number of nitrogens with zero attached hydrogens (tertiary/aromatic N) is 3. The van der Waals surface area contributed by atoms with Gasteiger partial charge in [-0.3, -0.25) is 4.57 Å². The number of amides is 2. The molecule has 27 heavy (non-hydrogen) atoms. The minimum Gasteiger partial charge on any atom is -0.338 e. The second-order valence-electron chi connectivity index (χ2n) is 6.58. The van der Waals surface area contributed by atoms with Crippen molar-refractivity contribution in [1.82, 2.24) is 25.2 Å². The number of imidazole rings is 1. The molecule has 3 rings (SSSR count). The van der Waals surface area contributed by atoms with Gasteiger partial charge in [-0.15, -0.1) is 0 Å². The van der Waals surface area contributed by atoms with Crippen LogP contribution in [0, 0.1) is 6.92 Å². The molecule has 0 saturated heterocycles. The van der Waals surface area contributed by atoms with Crippen molar-refractivity contribution in [3.05, 3.63) is 78.0 Å². The first-order chi connectivity index (χ1) is 13.1. The van der Waals surface area contributed by atoms with Crippen LogP contribution < -0.4 is 10.6 Å². The van der Waals surface area contributed by atoms with Crippen LogP contribution in [0.1, 0.15) is 36.2 Å². The van der Waals surface area contributed by atoms with E-state index in [9.17, 15) is 4.79 Å². The van der Waals surface area contributed by atoms with E-state index < -0.39 is 0 Å². The van der Waals surface area contributed by atoms with Gasteiger partial charge in [-0.25, -0.2) is 14.8 Å². The van der Waals surface area contributed by atoms with E-state index in [0.29, 0.717) is 19.0 Å². The monoisotopic (exact) mass is 363 g/mol. The van der Waals surface area contributed by atoms with Crippen LogP contribution in [0.15, 0.2) is 61.1 Å². The van der Waals surface area contributed by atoms with E-state index in [1.807, 2.05) is 48.0 Å². The summed E-state index contributed by atoms with van der Waals surface area (Å²) in [5.41, 5.74) is 2.24. The molecule has 0 fully saturated rings. The third-order valence-corrected chi connectivity index (χ3v) is 4.57. The maximum Gasteiger partial charge on any atom is 0.315 e. The Morgan fingerprint density at radius 3 is 2.59 bits per heavy atom. The third-order valence-electron chi connectivity index (χ3n) is 4.57. The van der Waals surface area contributed by atoms with Crippen LogP contribution in [-0.4, -0.2) is 27.1 Å². The van der Waals surface area contributed by atoms with Crippen LogP contribution in [0.2, 0.25) is 0 Å². The summed E-state index contributed by atoms with van der Waals surface area (Å²) in [4.78, 5) is 20.6. The lowest BCUT2D eigenvalue weighted by molar-refractivity contribution is 0.240. The molecule has 1 aromatic carbocycles. The van der Waals surface area contributed by atoms with E-state index in [1.54, 1.807) is 12.4 Å². The standard InChI is InChI=1S/C21H25N5O/c1-16(19-6-4-3-5-7-19)10-11-23-21(27)25-15-18-8-9-20(24-14-18)26-13-12-22-17(26)2/h3-9,12-14,16H,10-11,15H2,1-2H3,(H2,23,25,27)/t16-/m1/s1. The lowest BCUT2D eigenvalue weighted by Crippen LogP contribution is -2.35. The summed E-state index contributed by atoms with van der Waals surface area (Å²) in [5, 5.41) is 5.78. The molecule has 6 nitrogen and oxygen atoms in total. The van der Waals surface area contributed by atoms with Gasteiger partial charge in [0.25, 0.3) is 0 Å². The molecule has 1 atom stereocenters. The van der Waals surface area contributed by atoms with E-state index in [0.717, 1.165) is 23.6 Å². The van der Waals surface area contributed by atoms with Gasteiger partial charge in [-0.2, -0.15) is 0 Å². The van der Waals surface area contributed by atoms with Crippen LogP contribution in [0.5, 0.6) is 0 Å². The molecule has 2 heterocycles. The number of hydrogen-bond acceptors (Lipinski definition) is 3. The molecule has 0 saturated carbocycles. The SMILES string of the molecule is Cc1nccn1-c1ccc(CNC(=O)NCC[C@@H](C)c2ccccc2)cn1. The molecule has 2 N–H and O–H groups in total. The zero-order valence-electron chi connectivity index (χ0n) is 15.7. The molecule has 0 aliphatic heterocycles. The van der Waals surface area contributed by atoms with Gasteiger partial charge in [-0.05, 0) is 36.5 Å². The van der Waals surface area contributed by atoms with Crippen molar-refractivity contribution in [2.75, 3.05) is 6.54 Å². The van der Waals surface area contributed by atoms with E-state index in [2.05, 4.69) is 39.7 Å². The first kappa shape index (κ1) is 18.6. The number of pyridine rings is 1. The molecule has 3 aromatic rings. The Morgan fingerprint density at radius 1 is 1.11 bits per heavy atom. The summed E-state index contributed by atoms with van der Waals surface area (Å²) in [6.45, 7) is 5.18. The highest BCUT2D eigenvalue weighted by Crippen LogP contribution is 2.17. The van der Waals surface area contributed by atoms with Crippen molar-refractivity contribution in [2.24, 2.45) is 0 Å². The second kappa shape index (κ2) is 8.98. The summed E-state index contributed by atoms with van der Waals surface area (Å²) >= 11 is 0. The lowest BCUT2D eigenvalue weighted by atomic mass is 9.98. The van der Waals surface area contributed by atoms with Gasteiger partial charge in [0, 0.05) is 31.7 Å². The van der Waals surface area contributed by atoms with Crippen molar-refractivity contribution in [3.8, 4) is 5.82 Å². The Balaban J connectivity index is 1.41. The second-order valence-corrected chi connectivity index (χ2v) is 6.58. The first-order valence-electron chi connectivity index (χ1n) is 9.15. The van der Waals surface area contributed by atoms with Crippen molar-refractivity contribution in [1.29, 1.82) is 0 Å². The highest BCUT2D eigenvalue weighted by Gasteiger charge is 2.07. The average molecular weight is 363 g/mol. The van der Waals surface area contributed by atoms with Gasteiger partial charge >= 0.3 is 6.03 Å². The molecule has 0 unspecified atom stereocenters. The summed E-state index contributed by atoms with van der Waals surface area (Å²) in [7, 11) is 0. The number of carbonyl (C=O) groups is 1. The van der Waals surface area contributed by atoms with Crippen LogP contribution in [0.3, 0.4) is 0 Å². The van der Waals surface area contributed by atoms with Crippen LogP contribution in [0.4, 0.5) is 4.79 Å². The Kier molecular flexibility index (Phi) is 6.20.